The molecule has 0 saturated carbocycles. The van der Waals surface area contributed by atoms with E-state index in [1.54, 1.807) is 0 Å². The third-order valence-electron chi connectivity index (χ3n) is 3.80. The lowest BCUT2D eigenvalue weighted by Gasteiger charge is -2.29. The van der Waals surface area contributed by atoms with E-state index in [-0.39, 0.29) is 6.10 Å². The Balaban J connectivity index is 1.57. The standard InChI is InChI=1S/C18H19ClNO/c19-15-6-8-17(9-7-15)21-18-10-11-20-16(13-18)12-14-4-2-1-3-5-14/h1-9,16,18H,10-13H2. The first-order valence-corrected chi connectivity index (χ1v) is 7.80. The van der Waals surface area contributed by atoms with Crippen LogP contribution in [-0.2, 0) is 6.42 Å². The Hall–Kier alpha value is -1.51. The second-order valence-corrected chi connectivity index (χ2v) is 5.90. The fraction of sp³-hybridized carbons (Fsp3) is 0.333. The molecule has 0 aliphatic carbocycles. The minimum absolute atomic E-state index is 0.248. The summed E-state index contributed by atoms with van der Waals surface area (Å²) in [4.78, 5) is 0. The molecule has 1 aliphatic heterocycles. The van der Waals surface area contributed by atoms with Crippen molar-refractivity contribution in [3.05, 3.63) is 65.2 Å². The Labute approximate surface area is 131 Å². The van der Waals surface area contributed by atoms with Crippen molar-refractivity contribution in [1.82, 2.24) is 5.32 Å². The lowest BCUT2D eigenvalue weighted by molar-refractivity contribution is 0.138. The Morgan fingerprint density at radius 2 is 1.81 bits per heavy atom. The van der Waals surface area contributed by atoms with Crippen molar-refractivity contribution in [3.8, 4) is 5.75 Å². The number of rotatable bonds is 4. The van der Waals surface area contributed by atoms with Crippen molar-refractivity contribution >= 4 is 11.6 Å². The highest BCUT2D eigenvalue weighted by Gasteiger charge is 2.24. The Kier molecular flexibility index (Phi) is 4.79. The molecule has 0 amide bonds. The molecule has 0 aromatic heterocycles. The van der Waals surface area contributed by atoms with Gasteiger partial charge in [-0.3, -0.25) is 0 Å². The summed E-state index contributed by atoms with van der Waals surface area (Å²) in [6.07, 6.45) is 3.23. The molecule has 1 radical (unpaired) electrons. The van der Waals surface area contributed by atoms with E-state index in [0.717, 1.165) is 36.6 Å². The van der Waals surface area contributed by atoms with Gasteiger partial charge in [0, 0.05) is 24.0 Å². The van der Waals surface area contributed by atoms with Gasteiger partial charge in [0.1, 0.15) is 11.9 Å². The molecule has 2 atom stereocenters. The van der Waals surface area contributed by atoms with Crippen molar-refractivity contribution < 1.29 is 4.74 Å². The van der Waals surface area contributed by atoms with Gasteiger partial charge in [0.15, 0.2) is 0 Å². The van der Waals surface area contributed by atoms with E-state index >= 15 is 0 Å². The highest BCUT2D eigenvalue weighted by atomic mass is 35.5. The van der Waals surface area contributed by atoms with Crippen LogP contribution in [0, 0.1) is 0 Å². The Bertz CT molecular complexity index is 555. The summed E-state index contributed by atoms with van der Waals surface area (Å²) in [7, 11) is 0. The number of hydrogen-bond acceptors (Lipinski definition) is 1. The van der Waals surface area contributed by atoms with E-state index in [9.17, 15) is 0 Å². The topological polar surface area (TPSA) is 23.3 Å². The van der Waals surface area contributed by atoms with Crippen LogP contribution in [0.15, 0.2) is 54.6 Å². The van der Waals surface area contributed by atoms with Crippen LogP contribution < -0.4 is 10.1 Å². The number of piperidine rings is 1. The molecule has 0 spiro atoms. The van der Waals surface area contributed by atoms with E-state index in [1.165, 1.54) is 5.56 Å². The first kappa shape index (κ1) is 14.4. The average molecular weight is 301 g/mol. The summed E-state index contributed by atoms with van der Waals surface area (Å²) < 4.78 is 6.06. The molecule has 1 fully saturated rings. The molecule has 1 saturated heterocycles. The van der Waals surface area contributed by atoms with E-state index in [2.05, 4.69) is 24.3 Å². The number of ether oxygens (including phenoxy) is 1. The third-order valence-corrected chi connectivity index (χ3v) is 4.06. The molecule has 0 bridgehead atoms. The van der Waals surface area contributed by atoms with Crippen molar-refractivity contribution in [3.63, 3.8) is 0 Å². The van der Waals surface area contributed by atoms with Crippen LogP contribution in [0.5, 0.6) is 5.75 Å². The van der Waals surface area contributed by atoms with Crippen molar-refractivity contribution in [2.24, 2.45) is 0 Å². The summed E-state index contributed by atoms with van der Waals surface area (Å²) in [6, 6.07) is 18.5. The smallest absolute Gasteiger partial charge is 0.119 e. The summed E-state index contributed by atoms with van der Waals surface area (Å²) >= 11 is 5.90. The summed E-state index contributed by atoms with van der Waals surface area (Å²) in [5, 5.41) is 5.47. The molecule has 2 nitrogen and oxygen atoms in total. The van der Waals surface area contributed by atoms with Gasteiger partial charge in [-0.2, -0.15) is 0 Å². The van der Waals surface area contributed by atoms with E-state index in [1.807, 2.05) is 30.3 Å². The van der Waals surface area contributed by atoms with E-state index < -0.39 is 0 Å². The van der Waals surface area contributed by atoms with Crippen LogP contribution in [0.1, 0.15) is 18.4 Å². The maximum Gasteiger partial charge on any atom is 0.119 e. The Morgan fingerprint density at radius 3 is 2.57 bits per heavy atom. The molecular formula is C18H19ClNO. The molecule has 21 heavy (non-hydrogen) atoms. The van der Waals surface area contributed by atoms with E-state index in [4.69, 9.17) is 21.7 Å². The first-order chi connectivity index (χ1) is 10.3. The van der Waals surface area contributed by atoms with Gasteiger partial charge in [0.25, 0.3) is 0 Å². The normalized spacial score (nSPS) is 22.0. The van der Waals surface area contributed by atoms with Gasteiger partial charge in [-0.1, -0.05) is 41.9 Å². The minimum Gasteiger partial charge on any atom is -0.490 e. The fourth-order valence-electron chi connectivity index (χ4n) is 2.74. The molecule has 2 aromatic rings. The molecule has 1 aliphatic rings. The zero-order chi connectivity index (χ0) is 14.5. The predicted octanol–water partition coefficient (Wildman–Crippen LogP) is 4.10. The van der Waals surface area contributed by atoms with Gasteiger partial charge in [0.05, 0.1) is 0 Å². The second kappa shape index (κ2) is 6.97. The average Bonchev–Trinajstić information content (AvgIpc) is 2.51. The van der Waals surface area contributed by atoms with Crippen LogP contribution in [0.25, 0.3) is 0 Å². The molecule has 3 rings (SSSR count). The van der Waals surface area contributed by atoms with E-state index in [0.29, 0.717) is 6.04 Å². The van der Waals surface area contributed by atoms with Crippen LogP contribution >= 0.6 is 11.6 Å². The molecule has 2 unspecified atom stereocenters. The summed E-state index contributed by atoms with van der Waals surface area (Å²) in [6.45, 7) is 0.885. The summed E-state index contributed by atoms with van der Waals surface area (Å²) in [5.41, 5.74) is 1.35. The highest BCUT2D eigenvalue weighted by molar-refractivity contribution is 6.30. The highest BCUT2D eigenvalue weighted by Crippen LogP contribution is 2.22. The molecule has 0 N–H and O–H groups in total. The van der Waals surface area contributed by atoms with Crippen LogP contribution in [0.4, 0.5) is 0 Å². The second-order valence-electron chi connectivity index (χ2n) is 5.47. The zero-order valence-electron chi connectivity index (χ0n) is 11.9. The van der Waals surface area contributed by atoms with Gasteiger partial charge in [0.2, 0.25) is 0 Å². The number of hydrogen-bond donors (Lipinski definition) is 0. The van der Waals surface area contributed by atoms with Gasteiger partial charge < -0.3 is 4.74 Å². The molecule has 1 heterocycles. The quantitative estimate of drug-likeness (QED) is 0.834. The lowest BCUT2D eigenvalue weighted by Crippen LogP contribution is -2.39. The van der Waals surface area contributed by atoms with Gasteiger partial charge in [-0.25, -0.2) is 5.32 Å². The number of halogens is 1. The zero-order valence-corrected chi connectivity index (χ0v) is 12.7. The molecular weight excluding hydrogens is 282 g/mol. The van der Waals surface area contributed by atoms with Crippen molar-refractivity contribution in [2.75, 3.05) is 6.54 Å². The molecule has 2 aromatic carbocycles. The minimum atomic E-state index is 0.248. The molecule has 109 valence electrons. The Morgan fingerprint density at radius 1 is 1.05 bits per heavy atom. The van der Waals surface area contributed by atoms with Crippen LogP contribution in [-0.4, -0.2) is 18.7 Å². The SMILES string of the molecule is Clc1ccc(OC2CC[N]C(Cc3ccccc3)C2)cc1. The number of nitrogens with zero attached hydrogens (tertiary/aromatic N) is 1. The maximum atomic E-state index is 6.06. The summed E-state index contributed by atoms with van der Waals surface area (Å²) in [5.74, 6) is 0.893. The lowest BCUT2D eigenvalue weighted by atomic mass is 9.96. The fourth-order valence-corrected chi connectivity index (χ4v) is 2.87. The molecule has 3 heteroatoms. The monoisotopic (exact) mass is 300 g/mol. The van der Waals surface area contributed by atoms with Gasteiger partial charge in [-0.05, 0) is 42.7 Å². The number of benzene rings is 2. The maximum absolute atomic E-state index is 6.06. The van der Waals surface area contributed by atoms with Crippen LogP contribution in [0.2, 0.25) is 5.02 Å². The van der Waals surface area contributed by atoms with Gasteiger partial charge in [-0.15, -0.1) is 0 Å². The van der Waals surface area contributed by atoms with Crippen molar-refractivity contribution in [1.29, 1.82) is 0 Å². The first-order valence-electron chi connectivity index (χ1n) is 7.42. The third kappa shape index (κ3) is 4.23. The largest absolute Gasteiger partial charge is 0.490 e. The van der Waals surface area contributed by atoms with Gasteiger partial charge >= 0.3 is 0 Å². The van der Waals surface area contributed by atoms with Crippen LogP contribution in [0.3, 0.4) is 0 Å². The predicted molar refractivity (Wildman–Crippen MR) is 86.0 cm³/mol. The van der Waals surface area contributed by atoms with Crippen molar-refractivity contribution in [2.45, 2.75) is 31.4 Å².